The van der Waals surface area contributed by atoms with E-state index in [4.69, 9.17) is 0 Å². The zero-order valence-corrected chi connectivity index (χ0v) is 10.2. The molecule has 0 aromatic rings. The van der Waals surface area contributed by atoms with Crippen LogP contribution in [0.25, 0.3) is 0 Å². The molecule has 0 radical (unpaired) electrons. The van der Waals surface area contributed by atoms with Crippen LogP contribution < -0.4 is 56.7 Å². The molecule has 0 amide bonds. The van der Waals surface area contributed by atoms with Crippen LogP contribution in [0.1, 0.15) is 12.8 Å². The first-order chi connectivity index (χ1) is 5.08. The maximum atomic E-state index is 11.8. The zero-order valence-electron chi connectivity index (χ0n) is 7.12. The molecule has 1 rings (SSSR count). The van der Waals surface area contributed by atoms with Crippen molar-refractivity contribution >= 4 is 6.98 Å². The van der Waals surface area contributed by atoms with E-state index in [-0.39, 0.29) is 51.4 Å². The second-order valence-electron chi connectivity index (χ2n) is 2.70. The zero-order chi connectivity index (χ0) is 8.32. The van der Waals surface area contributed by atoms with Crippen molar-refractivity contribution in [2.75, 3.05) is 13.1 Å². The maximum absolute atomic E-state index is 11.8. The molecule has 0 unspecified atom stereocenters. The van der Waals surface area contributed by atoms with Gasteiger partial charge >= 0.3 is 58.4 Å². The first-order valence-corrected chi connectivity index (χ1v) is 3.69. The van der Waals surface area contributed by atoms with Crippen LogP contribution in [0.5, 0.6) is 0 Å². The summed E-state index contributed by atoms with van der Waals surface area (Å²) < 4.78 is 35.4. The first kappa shape index (κ1) is 13.2. The van der Waals surface area contributed by atoms with Crippen LogP contribution in [0.2, 0.25) is 0 Å². The molecule has 1 aliphatic rings. The van der Waals surface area contributed by atoms with Gasteiger partial charge in [0.2, 0.25) is 0 Å². The monoisotopic (exact) mass is 203 g/mol. The van der Waals surface area contributed by atoms with E-state index in [9.17, 15) is 12.9 Å². The molecule has 0 aromatic heterocycles. The summed E-state index contributed by atoms with van der Waals surface area (Å²) in [4.78, 5) is 0. The van der Waals surface area contributed by atoms with Gasteiger partial charge in [-0.1, -0.05) is 0 Å². The largest absolute Gasteiger partial charge is 1.00 e. The Morgan fingerprint density at radius 3 is 2.08 bits per heavy atom. The number of nitrogens with one attached hydrogen (secondary N) is 1. The van der Waals surface area contributed by atoms with Gasteiger partial charge in [0.05, 0.1) is 0 Å². The molecule has 12 heavy (non-hydrogen) atoms. The van der Waals surface area contributed by atoms with E-state index >= 15 is 0 Å². The average molecular weight is 203 g/mol. The van der Waals surface area contributed by atoms with Crippen molar-refractivity contribution in [3.8, 4) is 0 Å². The van der Waals surface area contributed by atoms with Crippen molar-refractivity contribution < 1.29 is 64.3 Å². The van der Waals surface area contributed by atoms with E-state index in [1.165, 1.54) is 0 Å². The summed E-state index contributed by atoms with van der Waals surface area (Å²) in [6, 6.07) is 0. The normalized spacial score (nSPS) is 18.4. The van der Waals surface area contributed by atoms with E-state index in [1.54, 1.807) is 0 Å². The fourth-order valence-electron chi connectivity index (χ4n) is 1.18. The fraction of sp³-hybridized carbons (Fsp3) is 0.667. The topological polar surface area (TPSA) is 12.0 Å². The number of halogens is 3. The molecule has 1 N–H and O–H groups in total. The third kappa shape index (κ3) is 5.77. The molecule has 0 aromatic carbocycles. The molecule has 0 aliphatic carbocycles. The van der Waals surface area contributed by atoms with E-state index in [2.05, 4.69) is 5.32 Å². The molecule has 1 nitrogen and oxygen atoms in total. The quantitative estimate of drug-likeness (QED) is 0.521. The van der Waals surface area contributed by atoms with Crippen LogP contribution >= 0.6 is 0 Å². The van der Waals surface area contributed by atoms with E-state index in [0.717, 1.165) is 0 Å². The molecular formula is C6H10BF3KN. The van der Waals surface area contributed by atoms with Crippen molar-refractivity contribution in [1.82, 2.24) is 5.32 Å². The Kier molecular flexibility index (Phi) is 6.40. The Balaban J connectivity index is 0.00000121. The minimum atomic E-state index is -4.72. The Bertz CT molecular complexity index is 161. The van der Waals surface area contributed by atoms with Crippen molar-refractivity contribution in [1.29, 1.82) is 0 Å². The Morgan fingerprint density at radius 1 is 1.17 bits per heavy atom. The second kappa shape index (κ2) is 5.82. The molecule has 0 saturated carbocycles. The SMILES string of the molecule is F[B-](F)(F)C=C1CCNCC1.[K+]. The predicted octanol–water partition coefficient (Wildman–Crippen LogP) is -1.31. The van der Waals surface area contributed by atoms with Gasteiger partial charge in [0.15, 0.2) is 0 Å². The molecule has 6 heteroatoms. The van der Waals surface area contributed by atoms with Gasteiger partial charge in [-0.15, -0.1) is 11.5 Å². The molecule has 64 valence electrons. The third-order valence-corrected chi connectivity index (χ3v) is 1.67. The number of hydrogen-bond acceptors (Lipinski definition) is 1. The molecule has 0 bridgehead atoms. The average Bonchev–Trinajstić information content (AvgIpc) is 1.85. The minimum Gasteiger partial charge on any atom is -0.445 e. The molecule has 1 fully saturated rings. The summed E-state index contributed by atoms with van der Waals surface area (Å²) in [7, 11) is 0. The van der Waals surface area contributed by atoms with Crippen molar-refractivity contribution in [2.24, 2.45) is 0 Å². The molecule has 1 heterocycles. The van der Waals surface area contributed by atoms with Crippen LogP contribution in [-0.2, 0) is 0 Å². The summed E-state index contributed by atoms with van der Waals surface area (Å²) in [5.74, 6) is 0.487. The van der Waals surface area contributed by atoms with E-state index in [0.29, 0.717) is 37.5 Å². The second-order valence-corrected chi connectivity index (χ2v) is 2.70. The van der Waals surface area contributed by atoms with Gasteiger partial charge in [-0.3, -0.25) is 0 Å². The van der Waals surface area contributed by atoms with Gasteiger partial charge in [-0.25, -0.2) is 0 Å². The van der Waals surface area contributed by atoms with Gasteiger partial charge in [-0.2, -0.15) is 0 Å². The van der Waals surface area contributed by atoms with Gasteiger partial charge in [0.25, 0.3) is 0 Å². The molecular weight excluding hydrogens is 193 g/mol. The predicted molar refractivity (Wildman–Crippen MR) is 39.3 cm³/mol. The Labute approximate surface area is 113 Å². The van der Waals surface area contributed by atoms with Gasteiger partial charge in [0, 0.05) is 0 Å². The van der Waals surface area contributed by atoms with Crippen molar-refractivity contribution in [2.45, 2.75) is 12.8 Å². The summed E-state index contributed by atoms with van der Waals surface area (Å²) >= 11 is 0. The molecule has 0 atom stereocenters. The van der Waals surface area contributed by atoms with Gasteiger partial charge in [0.1, 0.15) is 0 Å². The van der Waals surface area contributed by atoms with Crippen molar-refractivity contribution in [3.63, 3.8) is 0 Å². The van der Waals surface area contributed by atoms with Crippen LogP contribution in [-0.4, -0.2) is 20.1 Å². The minimum absolute atomic E-state index is 0. The number of rotatable bonds is 1. The van der Waals surface area contributed by atoms with E-state index < -0.39 is 6.98 Å². The summed E-state index contributed by atoms with van der Waals surface area (Å²) in [6.45, 7) is -3.36. The van der Waals surface area contributed by atoms with Crippen LogP contribution in [0.15, 0.2) is 11.5 Å². The molecule has 1 saturated heterocycles. The van der Waals surface area contributed by atoms with Gasteiger partial charge in [-0.05, 0) is 25.9 Å². The summed E-state index contributed by atoms with van der Waals surface area (Å²) in [6.07, 6.45) is 1.09. The number of hydrogen-bond donors (Lipinski definition) is 1. The van der Waals surface area contributed by atoms with E-state index in [1.807, 2.05) is 0 Å². The number of piperidine rings is 1. The van der Waals surface area contributed by atoms with Gasteiger partial charge < -0.3 is 18.3 Å². The Morgan fingerprint density at radius 2 is 1.67 bits per heavy atom. The summed E-state index contributed by atoms with van der Waals surface area (Å²) in [5, 5.41) is 3.00. The van der Waals surface area contributed by atoms with Crippen molar-refractivity contribution in [3.05, 3.63) is 11.5 Å². The maximum Gasteiger partial charge on any atom is 1.00 e. The Hall–Kier alpha value is 1.19. The fourth-order valence-corrected chi connectivity index (χ4v) is 1.18. The molecule has 0 spiro atoms. The smallest absolute Gasteiger partial charge is 0.445 e. The van der Waals surface area contributed by atoms with Crippen LogP contribution in [0.4, 0.5) is 12.9 Å². The standard InChI is InChI=1S/C6H10BF3N.K/c8-7(9,10)5-6-1-3-11-4-2-6;/h5,11H,1-4H2;/q-1;+1. The third-order valence-electron chi connectivity index (χ3n) is 1.67. The first-order valence-electron chi connectivity index (χ1n) is 3.69. The molecule has 1 aliphatic heterocycles. The van der Waals surface area contributed by atoms with Crippen LogP contribution in [0, 0.1) is 0 Å². The van der Waals surface area contributed by atoms with Crippen LogP contribution in [0.3, 0.4) is 0 Å². The summed E-state index contributed by atoms with van der Waals surface area (Å²) in [5.41, 5.74) is 0.538.